The van der Waals surface area contributed by atoms with E-state index in [2.05, 4.69) is 19.6 Å². The number of esters is 2. The molecule has 0 radical (unpaired) electrons. The molecule has 0 aliphatic rings. The van der Waals surface area contributed by atoms with Crippen molar-refractivity contribution in [3.8, 4) is 0 Å². The Hall–Kier alpha value is -1.10. The van der Waals surface area contributed by atoms with Gasteiger partial charge in [-0.3, -0.25) is 0 Å². The minimum atomic E-state index is -1.07. The van der Waals surface area contributed by atoms with E-state index in [0.717, 1.165) is 24.6 Å². The van der Waals surface area contributed by atoms with Crippen LogP contribution in [0.5, 0.6) is 0 Å². The highest BCUT2D eigenvalue weighted by molar-refractivity contribution is 6.76. The summed E-state index contributed by atoms with van der Waals surface area (Å²) in [7, 11) is -1.07. The third-order valence-corrected chi connectivity index (χ3v) is 3.88. The van der Waals surface area contributed by atoms with Gasteiger partial charge < -0.3 is 9.47 Å². The minimum absolute atomic E-state index is 0.185. The van der Waals surface area contributed by atoms with Crippen LogP contribution in [0.4, 0.5) is 0 Å². The van der Waals surface area contributed by atoms with E-state index in [1.165, 1.54) is 0 Å². The summed E-state index contributed by atoms with van der Waals surface area (Å²) >= 11 is 0. The van der Waals surface area contributed by atoms with Crippen LogP contribution in [0.3, 0.4) is 0 Å². The van der Waals surface area contributed by atoms with Gasteiger partial charge in [-0.15, -0.1) is 0 Å². The van der Waals surface area contributed by atoms with Crippen LogP contribution in [0.25, 0.3) is 0 Å². The Bertz CT molecular complexity index is 303. The van der Waals surface area contributed by atoms with E-state index < -0.39 is 20.0 Å². The van der Waals surface area contributed by atoms with Gasteiger partial charge in [0.05, 0.1) is 12.7 Å². The van der Waals surface area contributed by atoms with E-state index in [1.54, 1.807) is 13.8 Å². The molecule has 0 aromatic heterocycles. The summed E-state index contributed by atoms with van der Waals surface area (Å²) in [6.07, 6.45) is 2.90. The van der Waals surface area contributed by atoms with Crippen molar-refractivity contribution < 1.29 is 19.1 Å². The van der Waals surface area contributed by atoms with Crippen molar-refractivity contribution in [1.29, 1.82) is 0 Å². The van der Waals surface area contributed by atoms with Gasteiger partial charge in [0.25, 0.3) is 0 Å². The van der Waals surface area contributed by atoms with Gasteiger partial charge in [-0.1, -0.05) is 25.7 Å². The van der Waals surface area contributed by atoms with E-state index in [1.807, 2.05) is 0 Å². The normalized spacial score (nSPS) is 11.9. The molecule has 0 atom stereocenters. The van der Waals surface area contributed by atoms with Gasteiger partial charge in [0, 0.05) is 20.2 Å². The third kappa shape index (κ3) is 11.4. The summed E-state index contributed by atoms with van der Waals surface area (Å²) in [6.45, 7) is 10.7. The van der Waals surface area contributed by atoms with Gasteiger partial charge in [0.2, 0.25) is 0 Å². The highest BCUT2D eigenvalue weighted by Crippen LogP contribution is 2.10. The molecular formula is C13H24O4Si. The molecule has 0 aliphatic carbocycles. The first-order valence-corrected chi connectivity index (χ1v) is 9.97. The van der Waals surface area contributed by atoms with Gasteiger partial charge in [-0.2, -0.15) is 0 Å². The maximum atomic E-state index is 11.3. The maximum absolute atomic E-state index is 11.3. The van der Waals surface area contributed by atoms with Crippen LogP contribution >= 0.6 is 0 Å². The van der Waals surface area contributed by atoms with Crippen LogP contribution in [0, 0.1) is 0 Å². The summed E-state index contributed by atoms with van der Waals surface area (Å²) in [6, 6.07) is 1.12. The molecule has 0 saturated heterocycles. The largest absolute Gasteiger partial charge is 0.463 e. The molecule has 0 aromatic carbocycles. The van der Waals surface area contributed by atoms with Gasteiger partial charge in [0.1, 0.15) is 0 Å². The lowest BCUT2D eigenvalue weighted by molar-refractivity contribution is -0.142. The maximum Gasteiger partial charge on any atom is 0.331 e. The van der Waals surface area contributed by atoms with Gasteiger partial charge in [-0.05, 0) is 20.3 Å². The number of carbonyl (C=O) groups excluding carboxylic acids is 2. The van der Waals surface area contributed by atoms with Crippen LogP contribution in [-0.2, 0) is 19.1 Å². The van der Waals surface area contributed by atoms with E-state index >= 15 is 0 Å². The van der Waals surface area contributed by atoms with Crippen molar-refractivity contribution in [1.82, 2.24) is 0 Å². The molecule has 0 bridgehead atoms. The molecule has 104 valence electrons. The van der Waals surface area contributed by atoms with Gasteiger partial charge in [-0.25, -0.2) is 9.59 Å². The lowest BCUT2D eigenvalue weighted by Crippen LogP contribution is -2.20. The first-order valence-electron chi connectivity index (χ1n) is 6.26. The van der Waals surface area contributed by atoms with E-state index in [-0.39, 0.29) is 6.10 Å². The Morgan fingerprint density at radius 1 is 1.11 bits per heavy atom. The number of hydrogen-bond donors (Lipinski definition) is 0. The van der Waals surface area contributed by atoms with Crippen molar-refractivity contribution in [3.63, 3.8) is 0 Å². The Morgan fingerprint density at radius 2 is 1.67 bits per heavy atom. The van der Waals surface area contributed by atoms with E-state index in [0.29, 0.717) is 6.61 Å². The molecule has 0 aliphatic heterocycles. The molecule has 0 rings (SSSR count). The zero-order valence-electron chi connectivity index (χ0n) is 12.0. The lowest BCUT2D eigenvalue weighted by atomic mass is 10.4. The highest BCUT2D eigenvalue weighted by atomic mass is 28.3. The second-order valence-corrected chi connectivity index (χ2v) is 11.3. The number of carbonyl (C=O) groups is 2. The summed E-state index contributed by atoms with van der Waals surface area (Å²) in [5, 5.41) is 0. The number of hydrogen-bond acceptors (Lipinski definition) is 4. The zero-order chi connectivity index (χ0) is 14.2. The quantitative estimate of drug-likeness (QED) is 0.309. The fraction of sp³-hybridized carbons (Fsp3) is 0.692. The van der Waals surface area contributed by atoms with Crippen molar-refractivity contribution in [3.05, 3.63) is 12.2 Å². The monoisotopic (exact) mass is 272 g/mol. The summed E-state index contributed by atoms with van der Waals surface area (Å²) in [4.78, 5) is 22.4. The second kappa shape index (κ2) is 8.08. The first kappa shape index (κ1) is 16.9. The molecular weight excluding hydrogens is 248 g/mol. The van der Waals surface area contributed by atoms with E-state index in [9.17, 15) is 9.59 Å². The summed E-state index contributed by atoms with van der Waals surface area (Å²) in [5.41, 5.74) is 0. The van der Waals surface area contributed by atoms with Gasteiger partial charge in [0.15, 0.2) is 0 Å². The fourth-order valence-corrected chi connectivity index (χ4v) is 2.44. The smallest absolute Gasteiger partial charge is 0.331 e. The first-order chi connectivity index (χ1) is 8.20. The molecule has 0 N–H and O–H groups in total. The van der Waals surface area contributed by atoms with Crippen molar-refractivity contribution in [2.24, 2.45) is 0 Å². The van der Waals surface area contributed by atoms with Crippen LogP contribution < -0.4 is 0 Å². The lowest BCUT2D eigenvalue weighted by Gasteiger charge is -2.14. The Labute approximate surface area is 110 Å². The average Bonchev–Trinajstić information content (AvgIpc) is 2.19. The highest BCUT2D eigenvalue weighted by Gasteiger charge is 2.12. The number of rotatable bonds is 7. The minimum Gasteiger partial charge on any atom is -0.463 e. The van der Waals surface area contributed by atoms with Crippen LogP contribution in [0.1, 0.15) is 20.3 Å². The van der Waals surface area contributed by atoms with E-state index in [4.69, 9.17) is 9.47 Å². The predicted octanol–water partition coefficient (Wildman–Crippen LogP) is 2.77. The SMILES string of the molecule is CC(C)OC(=O)/C=C/C(=O)OCCC[Si](C)(C)C. The molecule has 0 heterocycles. The molecule has 0 amide bonds. The molecule has 0 spiro atoms. The van der Waals surface area contributed by atoms with Crippen LogP contribution in [-0.4, -0.2) is 32.7 Å². The Balaban J connectivity index is 3.78. The molecule has 18 heavy (non-hydrogen) atoms. The number of ether oxygens (including phenoxy) is 2. The predicted molar refractivity (Wildman–Crippen MR) is 74.1 cm³/mol. The molecule has 0 aromatic rings. The zero-order valence-corrected chi connectivity index (χ0v) is 13.0. The van der Waals surface area contributed by atoms with Crippen molar-refractivity contribution >= 4 is 20.0 Å². The molecule has 5 heteroatoms. The van der Waals surface area contributed by atoms with Crippen LogP contribution in [0.2, 0.25) is 25.7 Å². The van der Waals surface area contributed by atoms with Gasteiger partial charge >= 0.3 is 11.9 Å². The second-order valence-electron chi connectivity index (χ2n) is 5.65. The average molecular weight is 272 g/mol. The molecule has 0 unspecified atom stereocenters. The Morgan fingerprint density at radius 3 is 2.17 bits per heavy atom. The topological polar surface area (TPSA) is 52.6 Å². The van der Waals surface area contributed by atoms with Crippen LogP contribution in [0.15, 0.2) is 12.2 Å². The summed E-state index contributed by atoms with van der Waals surface area (Å²) in [5.74, 6) is -1.02. The fourth-order valence-electron chi connectivity index (χ4n) is 1.23. The van der Waals surface area contributed by atoms with Crippen molar-refractivity contribution in [2.45, 2.75) is 52.1 Å². The molecule has 0 fully saturated rings. The summed E-state index contributed by atoms with van der Waals surface area (Å²) < 4.78 is 9.82. The third-order valence-electron chi connectivity index (χ3n) is 2.02. The molecule has 4 nitrogen and oxygen atoms in total. The van der Waals surface area contributed by atoms with Crippen molar-refractivity contribution in [2.75, 3.05) is 6.61 Å². The Kier molecular flexibility index (Phi) is 7.58. The standard InChI is InChI=1S/C13H24O4Si/c1-11(2)17-13(15)8-7-12(14)16-9-6-10-18(3,4)5/h7-8,11H,6,9-10H2,1-5H3/b8-7+. The molecule has 0 saturated carbocycles.